The average Bonchev–Trinajstić information content (AvgIpc) is 2.52. The third-order valence-electron chi connectivity index (χ3n) is 4.14. The molecule has 0 saturated carbocycles. The molecule has 0 spiro atoms. The summed E-state index contributed by atoms with van der Waals surface area (Å²) in [4.78, 5) is 19.0. The first-order valence-corrected chi connectivity index (χ1v) is 8.13. The molecule has 0 aromatic carbocycles. The standard InChI is InChI=1S/C17H27N3O/c1-3-15(16-8-7-14(2)13-18-16)19-17(21)9-12-20-10-5-4-6-11-20/h7-8,13,15H,3-6,9-12H2,1-2H3,(H,19,21). The van der Waals surface area contributed by atoms with Gasteiger partial charge in [-0.25, -0.2) is 0 Å². The molecule has 1 amide bonds. The lowest BCUT2D eigenvalue weighted by molar-refractivity contribution is -0.122. The zero-order valence-electron chi connectivity index (χ0n) is 13.3. The number of carbonyl (C=O) groups excluding carboxylic acids is 1. The van der Waals surface area contributed by atoms with Crippen molar-refractivity contribution >= 4 is 5.91 Å². The third-order valence-corrected chi connectivity index (χ3v) is 4.14. The van der Waals surface area contributed by atoms with E-state index in [9.17, 15) is 4.79 Å². The van der Waals surface area contributed by atoms with E-state index in [1.165, 1.54) is 19.3 Å². The van der Waals surface area contributed by atoms with Gasteiger partial charge in [0, 0.05) is 19.2 Å². The lowest BCUT2D eigenvalue weighted by Gasteiger charge is -2.26. The number of nitrogens with zero attached hydrogens (tertiary/aromatic N) is 2. The van der Waals surface area contributed by atoms with Gasteiger partial charge < -0.3 is 10.2 Å². The largest absolute Gasteiger partial charge is 0.348 e. The number of pyridine rings is 1. The molecule has 2 rings (SSSR count). The smallest absolute Gasteiger partial charge is 0.221 e. The summed E-state index contributed by atoms with van der Waals surface area (Å²) in [5.41, 5.74) is 2.10. The van der Waals surface area contributed by atoms with Gasteiger partial charge in [-0.05, 0) is 50.9 Å². The Morgan fingerprint density at radius 1 is 1.33 bits per heavy atom. The highest BCUT2D eigenvalue weighted by Gasteiger charge is 2.16. The van der Waals surface area contributed by atoms with Gasteiger partial charge in [0.15, 0.2) is 0 Å². The maximum absolute atomic E-state index is 12.1. The zero-order valence-corrected chi connectivity index (χ0v) is 13.3. The van der Waals surface area contributed by atoms with Crippen LogP contribution in [0.25, 0.3) is 0 Å². The highest BCUT2D eigenvalue weighted by atomic mass is 16.1. The van der Waals surface area contributed by atoms with Crippen molar-refractivity contribution in [2.45, 2.75) is 52.0 Å². The van der Waals surface area contributed by atoms with Gasteiger partial charge in [0.2, 0.25) is 5.91 Å². The van der Waals surface area contributed by atoms with E-state index in [0.717, 1.165) is 37.3 Å². The van der Waals surface area contributed by atoms with Crippen LogP contribution in [0.15, 0.2) is 18.3 Å². The van der Waals surface area contributed by atoms with E-state index in [1.54, 1.807) is 0 Å². The molecule has 1 aromatic rings. The Morgan fingerprint density at radius 3 is 2.71 bits per heavy atom. The fourth-order valence-electron chi connectivity index (χ4n) is 2.78. The molecule has 116 valence electrons. The van der Waals surface area contributed by atoms with Crippen molar-refractivity contribution in [3.8, 4) is 0 Å². The number of aromatic nitrogens is 1. The van der Waals surface area contributed by atoms with Gasteiger partial charge in [0.05, 0.1) is 11.7 Å². The predicted molar refractivity (Wildman–Crippen MR) is 85.1 cm³/mol. The van der Waals surface area contributed by atoms with E-state index in [2.05, 4.69) is 22.1 Å². The van der Waals surface area contributed by atoms with Gasteiger partial charge >= 0.3 is 0 Å². The molecule has 2 heterocycles. The van der Waals surface area contributed by atoms with Crippen molar-refractivity contribution in [2.75, 3.05) is 19.6 Å². The maximum atomic E-state index is 12.1. The number of amides is 1. The highest BCUT2D eigenvalue weighted by molar-refractivity contribution is 5.76. The van der Waals surface area contributed by atoms with Gasteiger partial charge in [0.25, 0.3) is 0 Å². The van der Waals surface area contributed by atoms with Gasteiger partial charge in [-0.3, -0.25) is 9.78 Å². The van der Waals surface area contributed by atoms with Crippen molar-refractivity contribution in [3.05, 3.63) is 29.6 Å². The van der Waals surface area contributed by atoms with E-state index in [-0.39, 0.29) is 11.9 Å². The number of carbonyl (C=O) groups is 1. The number of nitrogens with one attached hydrogen (secondary N) is 1. The minimum absolute atomic E-state index is 0.0273. The molecular weight excluding hydrogens is 262 g/mol. The summed E-state index contributed by atoms with van der Waals surface area (Å²) < 4.78 is 0. The number of aryl methyl sites for hydroxylation is 1. The summed E-state index contributed by atoms with van der Waals surface area (Å²) >= 11 is 0. The summed E-state index contributed by atoms with van der Waals surface area (Å²) in [6.07, 6.45) is 7.18. The maximum Gasteiger partial charge on any atom is 0.221 e. The van der Waals surface area contributed by atoms with Crippen LogP contribution in [0.5, 0.6) is 0 Å². The van der Waals surface area contributed by atoms with Crippen LogP contribution >= 0.6 is 0 Å². The number of hydrogen-bond donors (Lipinski definition) is 1. The highest BCUT2D eigenvalue weighted by Crippen LogP contribution is 2.15. The van der Waals surface area contributed by atoms with Gasteiger partial charge in [0.1, 0.15) is 0 Å². The number of hydrogen-bond acceptors (Lipinski definition) is 3. The topological polar surface area (TPSA) is 45.2 Å². The van der Waals surface area contributed by atoms with Crippen molar-refractivity contribution in [2.24, 2.45) is 0 Å². The molecule has 1 N–H and O–H groups in total. The summed E-state index contributed by atoms with van der Waals surface area (Å²) in [5, 5.41) is 3.11. The molecular formula is C17H27N3O. The van der Waals surface area contributed by atoms with E-state index >= 15 is 0 Å². The van der Waals surface area contributed by atoms with Gasteiger partial charge in [-0.2, -0.15) is 0 Å². The molecule has 1 saturated heterocycles. The molecule has 4 nitrogen and oxygen atoms in total. The molecule has 1 aliphatic rings. The Bertz CT molecular complexity index is 438. The number of likely N-dealkylation sites (tertiary alicyclic amines) is 1. The monoisotopic (exact) mass is 289 g/mol. The first-order valence-electron chi connectivity index (χ1n) is 8.13. The molecule has 1 fully saturated rings. The summed E-state index contributed by atoms with van der Waals surface area (Å²) in [6.45, 7) is 7.27. The second-order valence-corrected chi connectivity index (χ2v) is 5.94. The van der Waals surface area contributed by atoms with Crippen LogP contribution < -0.4 is 5.32 Å². The molecule has 0 aliphatic carbocycles. The second-order valence-electron chi connectivity index (χ2n) is 5.94. The van der Waals surface area contributed by atoms with E-state index in [0.29, 0.717) is 6.42 Å². The molecule has 1 atom stereocenters. The fourth-order valence-corrected chi connectivity index (χ4v) is 2.78. The Kier molecular flexibility index (Phi) is 6.18. The van der Waals surface area contributed by atoms with Gasteiger partial charge in [-0.1, -0.05) is 19.4 Å². The van der Waals surface area contributed by atoms with Crippen LogP contribution in [0.2, 0.25) is 0 Å². The average molecular weight is 289 g/mol. The van der Waals surface area contributed by atoms with Crippen LogP contribution in [0.4, 0.5) is 0 Å². The first-order chi connectivity index (χ1) is 10.2. The summed E-state index contributed by atoms with van der Waals surface area (Å²) in [5.74, 6) is 0.134. The van der Waals surface area contributed by atoms with E-state index in [4.69, 9.17) is 0 Å². The number of rotatable bonds is 6. The molecule has 4 heteroatoms. The molecule has 0 radical (unpaired) electrons. The van der Waals surface area contributed by atoms with Crippen molar-refractivity contribution in [3.63, 3.8) is 0 Å². The van der Waals surface area contributed by atoms with Crippen LogP contribution in [0.1, 0.15) is 56.3 Å². The van der Waals surface area contributed by atoms with Gasteiger partial charge in [-0.15, -0.1) is 0 Å². The second kappa shape index (κ2) is 8.13. The van der Waals surface area contributed by atoms with E-state index < -0.39 is 0 Å². The quantitative estimate of drug-likeness (QED) is 0.876. The Labute approximate surface area is 127 Å². The summed E-state index contributed by atoms with van der Waals surface area (Å²) in [6, 6.07) is 4.08. The molecule has 1 aliphatic heterocycles. The normalized spacial score (nSPS) is 17.4. The van der Waals surface area contributed by atoms with Crippen molar-refractivity contribution in [1.82, 2.24) is 15.2 Å². The Morgan fingerprint density at radius 2 is 2.10 bits per heavy atom. The Hall–Kier alpha value is -1.42. The lowest BCUT2D eigenvalue weighted by atomic mass is 10.1. The summed E-state index contributed by atoms with van der Waals surface area (Å²) in [7, 11) is 0. The van der Waals surface area contributed by atoms with Crippen LogP contribution in [-0.4, -0.2) is 35.4 Å². The van der Waals surface area contributed by atoms with Crippen molar-refractivity contribution in [1.29, 1.82) is 0 Å². The van der Waals surface area contributed by atoms with E-state index in [1.807, 2.05) is 25.3 Å². The van der Waals surface area contributed by atoms with Crippen LogP contribution in [0, 0.1) is 6.92 Å². The zero-order chi connectivity index (χ0) is 15.1. The predicted octanol–water partition coefficient (Wildman–Crippen LogP) is 2.83. The minimum Gasteiger partial charge on any atom is -0.348 e. The molecule has 1 unspecified atom stereocenters. The first kappa shape index (κ1) is 16.0. The lowest BCUT2D eigenvalue weighted by Crippen LogP contribution is -2.35. The SMILES string of the molecule is CCC(NC(=O)CCN1CCCCC1)c1ccc(C)cn1. The fraction of sp³-hybridized carbons (Fsp3) is 0.647. The molecule has 21 heavy (non-hydrogen) atoms. The van der Waals surface area contributed by atoms with Crippen molar-refractivity contribution < 1.29 is 4.79 Å². The minimum atomic E-state index is 0.0273. The molecule has 0 bridgehead atoms. The molecule has 1 aromatic heterocycles. The number of piperidine rings is 1. The van der Waals surface area contributed by atoms with Crippen LogP contribution in [-0.2, 0) is 4.79 Å². The Balaban J connectivity index is 1.80. The van der Waals surface area contributed by atoms with Crippen LogP contribution in [0.3, 0.4) is 0 Å². The third kappa shape index (κ3) is 5.12.